The molecule has 1 aromatic heterocycles. The Kier molecular flexibility index (Phi) is 3.79. The van der Waals surface area contributed by atoms with Gasteiger partial charge in [0.25, 0.3) is 0 Å². The molecule has 6 nitrogen and oxygen atoms in total. The van der Waals surface area contributed by atoms with E-state index in [0.717, 1.165) is 5.95 Å². The van der Waals surface area contributed by atoms with Crippen LogP contribution in [0.25, 0.3) is 0 Å². The maximum atomic E-state index is 10.6. The van der Waals surface area contributed by atoms with Crippen LogP contribution in [0.5, 0.6) is 0 Å². The minimum Gasteiger partial charge on any atom is -0.481 e. The average molecular weight is 270 g/mol. The summed E-state index contributed by atoms with van der Waals surface area (Å²) in [7, 11) is 2.02. The standard InChI is InChI=1S/C11H18N4O2S/c1-7(2)15-10(14(3)8-4-5-8)12-13-11(15)18-6-9(16)17/h7-8H,4-6H2,1-3H3,(H,16,17). The lowest BCUT2D eigenvalue weighted by molar-refractivity contribution is -0.133. The zero-order chi connectivity index (χ0) is 13.3. The van der Waals surface area contributed by atoms with Gasteiger partial charge in [-0.1, -0.05) is 11.8 Å². The SMILES string of the molecule is CC(C)n1c(SCC(=O)O)nnc1N(C)C1CC1. The van der Waals surface area contributed by atoms with Crippen LogP contribution in [-0.2, 0) is 4.79 Å². The van der Waals surface area contributed by atoms with Crippen LogP contribution < -0.4 is 4.90 Å². The fourth-order valence-electron chi connectivity index (χ4n) is 1.81. The monoisotopic (exact) mass is 270 g/mol. The van der Waals surface area contributed by atoms with E-state index in [9.17, 15) is 4.79 Å². The van der Waals surface area contributed by atoms with E-state index in [0.29, 0.717) is 11.2 Å². The van der Waals surface area contributed by atoms with Gasteiger partial charge in [-0.15, -0.1) is 10.2 Å². The van der Waals surface area contributed by atoms with Gasteiger partial charge in [0.05, 0.1) is 5.75 Å². The third kappa shape index (κ3) is 2.77. The number of nitrogens with zero attached hydrogens (tertiary/aromatic N) is 4. The van der Waals surface area contributed by atoms with E-state index in [1.54, 1.807) is 0 Å². The quantitative estimate of drug-likeness (QED) is 0.792. The highest BCUT2D eigenvalue weighted by atomic mass is 32.2. The summed E-state index contributed by atoms with van der Waals surface area (Å²) in [5.41, 5.74) is 0. The molecule has 100 valence electrons. The largest absolute Gasteiger partial charge is 0.481 e. The lowest BCUT2D eigenvalue weighted by Crippen LogP contribution is -2.24. The van der Waals surface area contributed by atoms with Gasteiger partial charge >= 0.3 is 5.97 Å². The summed E-state index contributed by atoms with van der Waals surface area (Å²) in [6.07, 6.45) is 2.39. The molecule has 1 saturated carbocycles. The predicted octanol–water partition coefficient (Wildman–Crippen LogP) is 1.63. The van der Waals surface area contributed by atoms with Crippen LogP contribution in [0.4, 0.5) is 5.95 Å². The first-order valence-electron chi connectivity index (χ1n) is 6.03. The smallest absolute Gasteiger partial charge is 0.313 e. The molecule has 1 N–H and O–H groups in total. The van der Waals surface area contributed by atoms with Crippen LogP contribution >= 0.6 is 11.8 Å². The Bertz CT molecular complexity index is 442. The highest BCUT2D eigenvalue weighted by Crippen LogP contribution is 2.32. The minimum absolute atomic E-state index is 0.0119. The average Bonchev–Trinajstić information content (AvgIpc) is 3.04. The molecule has 0 unspecified atom stereocenters. The number of carbonyl (C=O) groups is 1. The minimum atomic E-state index is -0.838. The molecule has 1 heterocycles. The highest BCUT2D eigenvalue weighted by Gasteiger charge is 2.30. The van der Waals surface area contributed by atoms with Crippen molar-refractivity contribution in [3.05, 3.63) is 0 Å². The second kappa shape index (κ2) is 5.17. The number of anilines is 1. The summed E-state index contributed by atoms with van der Waals surface area (Å²) in [5.74, 6) is 0.00801. The van der Waals surface area contributed by atoms with Crippen molar-refractivity contribution in [1.29, 1.82) is 0 Å². The van der Waals surface area contributed by atoms with E-state index in [2.05, 4.69) is 28.9 Å². The summed E-state index contributed by atoms with van der Waals surface area (Å²) >= 11 is 1.22. The van der Waals surface area contributed by atoms with E-state index in [-0.39, 0.29) is 11.8 Å². The van der Waals surface area contributed by atoms with Crippen molar-refractivity contribution < 1.29 is 9.90 Å². The number of hydrogen-bond donors (Lipinski definition) is 1. The number of aromatic nitrogens is 3. The topological polar surface area (TPSA) is 71.2 Å². The molecule has 0 radical (unpaired) electrons. The van der Waals surface area contributed by atoms with Crippen molar-refractivity contribution in [1.82, 2.24) is 14.8 Å². The van der Waals surface area contributed by atoms with Crippen LogP contribution in [0.2, 0.25) is 0 Å². The van der Waals surface area contributed by atoms with Gasteiger partial charge in [0, 0.05) is 19.1 Å². The van der Waals surface area contributed by atoms with Crippen LogP contribution in [0.3, 0.4) is 0 Å². The Labute approximate surface area is 110 Å². The molecule has 1 aromatic rings. The van der Waals surface area contributed by atoms with Gasteiger partial charge in [-0.2, -0.15) is 0 Å². The van der Waals surface area contributed by atoms with Crippen molar-refractivity contribution in [3.63, 3.8) is 0 Å². The second-order valence-electron chi connectivity index (χ2n) is 4.77. The van der Waals surface area contributed by atoms with Crippen LogP contribution in [-0.4, -0.2) is 44.7 Å². The molecule has 1 aliphatic carbocycles. The normalized spacial score (nSPS) is 15.1. The van der Waals surface area contributed by atoms with Gasteiger partial charge in [-0.25, -0.2) is 0 Å². The number of carboxylic acid groups (broad SMARTS) is 1. The zero-order valence-corrected chi connectivity index (χ0v) is 11.6. The fraction of sp³-hybridized carbons (Fsp3) is 0.727. The fourth-order valence-corrected chi connectivity index (χ4v) is 2.59. The highest BCUT2D eigenvalue weighted by molar-refractivity contribution is 7.99. The van der Waals surface area contributed by atoms with Crippen molar-refractivity contribution in [2.45, 2.75) is 43.9 Å². The summed E-state index contributed by atoms with van der Waals surface area (Å²) in [5, 5.41) is 17.7. The Morgan fingerprint density at radius 2 is 2.22 bits per heavy atom. The molecule has 1 fully saturated rings. The van der Waals surface area contributed by atoms with Crippen LogP contribution in [0, 0.1) is 0 Å². The lowest BCUT2D eigenvalue weighted by Gasteiger charge is -2.21. The first-order valence-corrected chi connectivity index (χ1v) is 7.01. The van der Waals surface area contributed by atoms with Crippen molar-refractivity contribution in [3.8, 4) is 0 Å². The molecule has 7 heteroatoms. The third-order valence-corrected chi connectivity index (χ3v) is 3.83. The number of carboxylic acids is 1. The van der Waals surface area contributed by atoms with Gasteiger partial charge in [0.2, 0.25) is 5.95 Å². The van der Waals surface area contributed by atoms with Crippen LogP contribution in [0.15, 0.2) is 5.16 Å². The van der Waals surface area contributed by atoms with Crippen molar-refractivity contribution in [2.75, 3.05) is 17.7 Å². The maximum Gasteiger partial charge on any atom is 0.313 e. The third-order valence-electron chi connectivity index (χ3n) is 2.90. The van der Waals surface area contributed by atoms with Gasteiger partial charge < -0.3 is 10.0 Å². The first-order chi connectivity index (χ1) is 8.50. The van der Waals surface area contributed by atoms with E-state index in [1.807, 2.05) is 11.6 Å². The predicted molar refractivity (Wildman–Crippen MR) is 70.2 cm³/mol. The molecular weight excluding hydrogens is 252 g/mol. The maximum absolute atomic E-state index is 10.6. The molecule has 0 amide bonds. The van der Waals surface area contributed by atoms with Gasteiger partial charge in [0.15, 0.2) is 5.16 Å². The lowest BCUT2D eigenvalue weighted by atomic mass is 10.4. The molecule has 0 bridgehead atoms. The molecule has 0 atom stereocenters. The van der Waals surface area contributed by atoms with Crippen LogP contribution in [0.1, 0.15) is 32.7 Å². The molecule has 0 spiro atoms. The summed E-state index contributed by atoms with van der Waals surface area (Å²) in [6.45, 7) is 4.11. The molecule has 1 aliphatic rings. The Hall–Kier alpha value is -1.24. The molecule has 18 heavy (non-hydrogen) atoms. The molecule has 0 aliphatic heterocycles. The zero-order valence-electron chi connectivity index (χ0n) is 10.8. The van der Waals surface area contributed by atoms with Gasteiger partial charge in [-0.3, -0.25) is 9.36 Å². The van der Waals surface area contributed by atoms with Crippen molar-refractivity contribution >= 4 is 23.7 Å². The van der Waals surface area contributed by atoms with Gasteiger partial charge in [-0.05, 0) is 26.7 Å². The molecule has 0 aromatic carbocycles. The summed E-state index contributed by atoms with van der Waals surface area (Å²) < 4.78 is 2.01. The molecule has 0 saturated heterocycles. The summed E-state index contributed by atoms with van der Waals surface area (Å²) in [4.78, 5) is 12.8. The number of rotatable bonds is 6. The molecule has 2 rings (SSSR count). The Balaban J connectivity index is 2.21. The van der Waals surface area contributed by atoms with E-state index in [1.165, 1.54) is 24.6 Å². The molecular formula is C11H18N4O2S. The first kappa shape index (κ1) is 13.2. The number of hydrogen-bond acceptors (Lipinski definition) is 5. The van der Waals surface area contributed by atoms with Crippen molar-refractivity contribution in [2.24, 2.45) is 0 Å². The van der Waals surface area contributed by atoms with E-state index < -0.39 is 5.97 Å². The van der Waals surface area contributed by atoms with Gasteiger partial charge in [0.1, 0.15) is 0 Å². The number of aliphatic carboxylic acids is 1. The van der Waals surface area contributed by atoms with E-state index in [4.69, 9.17) is 5.11 Å². The Morgan fingerprint density at radius 3 is 2.72 bits per heavy atom. The Morgan fingerprint density at radius 1 is 1.56 bits per heavy atom. The summed E-state index contributed by atoms with van der Waals surface area (Å²) in [6, 6.07) is 0.775. The second-order valence-corrected chi connectivity index (χ2v) is 5.71. The van der Waals surface area contributed by atoms with E-state index >= 15 is 0 Å². The number of thioether (sulfide) groups is 1.